The van der Waals surface area contributed by atoms with Crippen LogP contribution in [0.4, 0.5) is 0 Å². The van der Waals surface area contributed by atoms with E-state index in [0.29, 0.717) is 12.1 Å². The molecule has 0 saturated carbocycles. The third-order valence-corrected chi connectivity index (χ3v) is 3.11. The molecule has 2 rings (SSSR count). The van der Waals surface area contributed by atoms with Gasteiger partial charge in [-0.3, -0.25) is 5.43 Å². The molecule has 2 unspecified atom stereocenters. The van der Waals surface area contributed by atoms with Crippen LogP contribution >= 0.6 is 12.4 Å². The zero-order valence-corrected chi connectivity index (χ0v) is 12.1. The minimum Gasteiger partial charge on any atom is -0.370 e. The van der Waals surface area contributed by atoms with Gasteiger partial charge < -0.3 is 4.74 Å². The molecule has 18 heavy (non-hydrogen) atoms. The Morgan fingerprint density at radius 2 is 1.94 bits per heavy atom. The molecule has 1 fully saturated rings. The zero-order valence-electron chi connectivity index (χ0n) is 11.3. The SMILES string of the molecule is CC(C)NN1CCOC(c2ccccc2)C1C.Cl. The van der Waals surface area contributed by atoms with Crippen molar-refractivity contribution < 1.29 is 4.74 Å². The lowest BCUT2D eigenvalue weighted by Crippen LogP contribution is -2.54. The molecule has 2 atom stereocenters. The summed E-state index contributed by atoms with van der Waals surface area (Å²) < 4.78 is 5.91. The second-order valence-electron chi connectivity index (χ2n) is 4.92. The van der Waals surface area contributed by atoms with E-state index in [1.54, 1.807) is 0 Å². The van der Waals surface area contributed by atoms with Gasteiger partial charge in [-0.15, -0.1) is 12.4 Å². The van der Waals surface area contributed by atoms with Gasteiger partial charge in [0.2, 0.25) is 0 Å². The van der Waals surface area contributed by atoms with E-state index in [4.69, 9.17) is 4.74 Å². The van der Waals surface area contributed by atoms with Gasteiger partial charge >= 0.3 is 0 Å². The Morgan fingerprint density at radius 1 is 1.28 bits per heavy atom. The minimum absolute atomic E-state index is 0. The lowest BCUT2D eigenvalue weighted by Gasteiger charge is -2.40. The molecule has 0 amide bonds. The van der Waals surface area contributed by atoms with Crippen LogP contribution in [0.5, 0.6) is 0 Å². The van der Waals surface area contributed by atoms with Gasteiger partial charge in [-0.25, -0.2) is 5.01 Å². The highest BCUT2D eigenvalue weighted by Crippen LogP contribution is 2.27. The monoisotopic (exact) mass is 270 g/mol. The molecule has 1 aromatic rings. The van der Waals surface area contributed by atoms with Crippen LogP contribution in [-0.4, -0.2) is 30.2 Å². The molecule has 1 aliphatic heterocycles. The summed E-state index contributed by atoms with van der Waals surface area (Å²) >= 11 is 0. The molecule has 1 saturated heterocycles. The van der Waals surface area contributed by atoms with Crippen LogP contribution in [0.3, 0.4) is 0 Å². The van der Waals surface area contributed by atoms with Crippen LogP contribution in [0.1, 0.15) is 32.4 Å². The lowest BCUT2D eigenvalue weighted by molar-refractivity contribution is -0.0905. The van der Waals surface area contributed by atoms with Gasteiger partial charge in [-0.1, -0.05) is 30.3 Å². The van der Waals surface area contributed by atoms with Crippen molar-refractivity contribution in [2.45, 2.75) is 39.0 Å². The maximum Gasteiger partial charge on any atom is 0.0991 e. The van der Waals surface area contributed by atoms with Gasteiger partial charge in [-0.2, -0.15) is 0 Å². The largest absolute Gasteiger partial charge is 0.370 e. The molecular formula is C14H23ClN2O. The molecule has 1 aliphatic rings. The van der Waals surface area contributed by atoms with Gasteiger partial charge in [0.15, 0.2) is 0 Å². The summed E-state index contributed by atoms with van der Waals surface area (Å²) in [5, 5.41) is 2.30. The number of hydrogen-bond donors (Lipinski definition) is 1. The highest BCUT2D eigenvalue weighted by molar-refractivity contribution is 5.85. The third-order valence-electron chi connectivity index (χ3n) is 3.11. The van der Waals surface area contributed by atoms with Crippen LogP contribution in [0.15, 0.2) is 30.3 Å². The number of nitrogens with one attached hydrogen (secondary N) is 1. The Hall–Kier alpha value is -0.610. The van der Waals surface area contributed by atoms with Crippen molar-refractivity contribution in [3.63, 3.8) is 0 Å². The van der Waals surface area contributed by atoms with Crippen molar-refractivity contribution in [1.29, 1.82) is 0 Å². The molecule has 0 aromatic heterocycles. The second-order valence-corrected chi connectivity index (χ2v) is 4.92. The fourth-order valence-electron chi connectivity index (χ4n) is 2.32. The summed E-state index contributed by atoms with van der Waals surface area (Å²) in [4.78, 5) is 0. The molecule has 3 nitrogen and oxygen atoms in total. The number of rotatable bonds is 3. The summed E-state index contributed by atoms with van der Waals surface area (Å²) in [5.74, 6) is 0. The Bertz CT molecular complexity index is 345. The predicted octanol–water partition coefficient (Wildman–Crippen LogP) is 2.78. The van der Waals surface area contributed by atoms with E-state index in [2.05, 4.69) is 55.5 Å². The van der Waals surface area contributed by atoms with Crippen molar-refractivity contribution >= 4 is 12.4 Å². The molecule has 102 valence electrons. The number of hydrogen-bond acceptors (Lipinski definition) is 3. The zero-order chi connectivity index (χ0) is 12.3. The average Bonchev–Trinajstić information content (AvgIpc) is 2.32. The van der Waals surface area contributed by atoms with E-state index in [1.807, 2.05) is 6.07 Å². The number of ether oxygens (including phenoxy) is 1. The summed E-state index contributed by atoms with van der Waals surface area (Å²) in [7, 11) is 0. The van der Waals surface area contributed by atoms with Crippen LogP contribution < -0.4 is 5.43 Å². The Morgan fingerprint density at radius 3 is 2.56 bits per heavy atom. The van der Waals surface area contributed by atoms with Crippen LogP contribution in [0.25, 0.3) is 0 Å². The Kier molecular flexibility index (Phi) is 6.09. The molecule has 1 aromatic carbocycles. The van der Waals surface area contributed by atoms with Gasteiger partial charge in [0.25, 0.3) is 0 Å². The van der Waals surface area contributed by atoms with Gasteiger partial charge in [0.1, 0.15) is 0 Å². The van der Waals surface area contributed by atoms with Crippen molar-refractivity contribution in [3.05, 3.63) is 35.9 Å². The number of hydrazine groups is 1. The quantitative estimate of drug-likeness (QED) is 0.914. The fourth-order valence-corrected chi connectivity index (χ4v) is 2.32. The average molecular weight is 271 g/mol. The number of morpholine rings is 1. The van der Waals surface area contributed by atoms with E-state index in [9.17, 15) is 0 Å². The van der Waals surface area contributed by atoms with E-state index in [-0.39, 0.29) is 18.5 Å². The minimum atomic E-state index is 0. The summed E-state index contributed by atoms with van der Waals surface area (Å²) in [6, 6.07) is 11.3. The van der Waals surface area contributed by atoms with E-state index >= 15 is 0 Å². The first kappa shape index (κ1) is 15.4. The maximum atomic E-state index is 5.91. The van der Waals surface area contributed by atoms with E-state index in [0.717, 1.165) is 13.2 Å². The van der Waals surface area contributed by atoms with Gasteiger partial charge in [0.05, 0.1) is 18.8 Å². The first-order valence-corrected chi connectivity index (χ1v) is 6.38. The van der Waals surface area contributed by atoms with Crippen molar-refractivity contribution in [1.82, 2.24) is 10.4 Å². The lowest BCUT2D eigenvalue weighted by atomic mass is 10.0. The molecule has 1 N–H and O–H groups in total. The fraction of sp³-hybridized carbons (Fsp3) is 0.571. The molecular weight excluding hydrogens is 248 g/mol. The highest BCUT2D eigenvalue weighted by Gasteiger charge is 2.29. The molecule has 0 bridgehead atoms. The smallest absolute Gasteiger partial charge is 0.0991 e. The first-order valence-electron chi connectivity index (χ1n) is 6.38. The third kappa shape index (κ3) is 3.69. The first-order chi connectivity index (χ1) is 8.18. The van der Waals surface area contributed by atoms with E-state index < -0.39 is 0 Å². The molecule has 0 aliphatic carbocycles. The second kappa shape index (κ2) is 7.10. The van der Waals surface area contributed by atoms with Crippen molar-refractivity contribution in [2.24, 2.45) is 0 Å². The number of benzene rings is 1. The van der Waals surface area contributed by atoms with Crippen LogP contribution in [0, 0.1) is 0 Å². The number of halogens is 1. The predicted molar refractivity (Wildman–Crippen MR) is 76.8 cm³/mol. The van der Waals surface area contributed by atoms with E-state index in [1.165, 1.54) is 5.56 Å². The normalized spacial score (nSPS) is 24.9. The summed E-state index contributed by atoms with van der Waals surface area (Å²) in [6.45, 7) is 8.28. The highest BCUT2D eigenvalue weighted by atomic mass is 35.5. The molecule has 0 spiro atoms. The number of nitrogens with zero attached hydrogens (tertiary/aromatic N) is 1. The topological polar surface area (TPSA) is 24.5 Å². The Labute approximate surface area is 116 Å². The van der Waals surface area contributed by atoms with Crippen molar-refractivity contribution in [2.75, 3.05) is 13.2 Å². The standard InChI is InChI=1S/C14H22N2O.ClH/c1-11(2)15-16-9-10-17-14(12(16)3)13-7-5-4-6-8-13;/h4-8,11-12,14-15H,9-10H2,1-3H3;1H. The van der Waals surface area contributed by atoms with Crippen LogP contribution in [-0.2, 0) is 4.74 Å². The summed E-state index contributed by atoms with van der Waals surface area (Å²) in [5.41, 5.74) is 4.74. The van der Waals surface area contributed by atoms with Crippen LogP contribution in [0.2, 0.25) is 0 Å². The molecule has 4 heteroatoms. The van der Waals surface area contributed by atoms with Crippen molar-refractivity contribution in [3.8, 4) is 0 Å². The maximum absolute atomic E-state index is 5.91. The Balaban J connectivity index is 0.00000162. The summed E-state index contributed by atoms with van der Waals surface area (Å²) in [6.07, 6.45) is 0.163. The van der Waals surface area contributed by atoms with Gasteiger partial charge in [0, 0.05) is 12.6 Å². The molecule has 1 heterocycles. The van der Waals surface area contributed by atoms with Gasteiger partial charge in [-0.05, 0) is 26.3 Å². The molecule has 0 radical (unpaired) electrons.